The van der Waals surface area contributed by atoms with Crippen molar-refractivity contribution in [3.63, 3.8) is 0 Å². The molecule has 0 amide bonds. The van der Waals surface area contributed by atoms with Gasteiger partial charge in [-0.25, -0.2) is 9.97 Å². The Kier molecular flexibility index (Phi) is 3.85. The van der Waals surface area contributed by atoms with E-state index in [1.165, 1.54) is 6.33 Å². The van der Waals surface area contributed by atoms with Crippen molar-refractivity contribution < 1.29 is 4.74 Å². The highest BCUT2D eigenvalue weighted by molar-refractivity contribution is 5.84. The van der Waals surface area contributed by atoms with Crippen LogP contribution in [-0.4, -0.2) is 31.4 Å². The number of fused-ring (bicyclic) bond motifs is 1. The van der Waals surface area contributed by atoms with Gasteiger partial charge in [-0.3, -0.25) is 14.0 Å². The smallest absolute Gasteiger partial charge is 0.265 e. The Balaban J connectivity index is 2.28. The Morgan fingerprint density at radius 1 is 1.22 bits per heavy atom. The molecule has 23 heavy (non-hydrogen) atoms. The summed E-state index contributed by atoms with van der Waals surface area (Å²) in [6.45, 7) is 4.08. The zero-order chi connectivity index (χ0) is 16.6. The molecule has 3 aromatic rings. The van der Waals surface area contributed by atoms with Gasteiger partial charge in [0.2, 0.25) is 0 Å². The van der Waals surface area contributed by atoms with E-state index < -0.39 is 0 Å². The molecule has 1 aromatic carbocycles. The van der Waals surface area contributed by atoms with Crippen LogP contribution < -0.4 is 10.3 Å². The van der Waals surface area contributed by atoms with Crippen LogP contribution in [0.3, 0.4) is 0 Å². The molecule has 0 saturated carbocycles. The first-order valence-electron chi connectivity index (χ1n) is 7.42. The molecule has 3 rings (SSSR count). The van der Waals surface area contributed by atoms with Crippen LogP contribution in [0.1, 0.15) is 25.7 Å². The van der Waals surface area contributed by atoms with Crippen LogP contribution in [0.4, 0.5) is 0 Å². The van der Waals surface area contributed by atoms with E-state index in [9.17, 15) is 4.79 Å². The van der Waals surface area contributed by atoms with Crippen LogP contribution in [-0.2, 0) is 7.05 Å². The van der Waals surface area contributed by atoms with Crippen LogP contribution in [0.5, 0.6) is 5.75 Å². The first-order valence-corrected chi connectivity index (χ1v) is 7.42. The molecule has 2 aromatic heterocycles. The summed E-state index contributed by atoms with van der Waals surface area (Å²) in [7, 11) is 3.37. The molecule has 7 nitrogen and oxygen atoms in total. The van der Waals surface area contributed by atoms with Gasteiger partial charge in [0, 0.05) is 7.05 Å². The summed E-state index contributed by atoms with van der Waals surface area (Å²) in [5, 5.41) is 4.59. The number of hydrogen-bond acceptors (Lipinski definition) is 5. The molecule has 0 radical (unpaired) electrons. The third-order valence-electron chi connectivity index (χ3n) is 3.94. The molecule has 0 bridgehead atoms. The normalized spacial score (nSPS) is 12.7. The van der Waals surface area contributed by atoms with Gasteiger partial charge in [0.25, 0.3) is 5.56 Å². The molecule has 120 valence electrons. The van der Waals surface area contributed by atoms with Gasteiger partial charge in [0.05, 0.1) is 25.0 Å². The Hall–Kier alpha value is -2.70. The van der Waals surface area contributed by atoms with Crippen LogP contribution >= 0.6 is 0 Å². The quantitative estimate of drug-likeness (QED) is 0.734. The minimum absolute atomic E-state index is 0.143. The van der Waals surface area contributed by atoms with Crippen molar-refractivity contribution in [3.8, 4) is 5.75 Å². The highest BCUT2D eigenvalue weighted by Gasteiger charge is 2.25. The largest absolute Gasteiger partial charge is 0.496 e. The van der Waals surface area contributed by atoms with E-state index in [1.54, 1.807) is 34.8 Å². The molecule has 0 aliphatic heterocycles. The SMILES string of the molecule is COc1cccc2ncn([C@H](c3ncnn3C)C(C)C)c(=O)c12. The summed E-state index contributed by atoms with van der Waals surface area (Å²) in [4.78, 5) is 21.8. The fourth-order valence-corrected chi connectivity index (χ4v) is 2.83. The van der Waals surface area contributed by atoms with Gasteiger partial charge in [-0.15, -0.1) is 0 Å². The second-order valence-electron chi connectivity index (χ2n) is 5.74. The van der Waals surface area contributed by atoms with Crippen molar-refractivity contribution in [1.82, 2.24) is 24.3 Å². The average molecular weight is 313 g/mol. The first-order chi connectivity index (χ1) is 11.0. The third-order valence-corrected chi connectivity index (χ3v) is 3.94. The number of nitrogens with zero attached hydrogens (tertiary/aromatic N) is 5. The Morgan fingerprint density at radius 3 is 2.61 bits per heavy atom. The zero-order valence-corrected chi connectivity index (χ0v) is 13.6. The van der Waals surface area contributed by atoms with Crippen molar-refractivity contribution in [3.05, 3.63) is 47.0 Å². The molecule has 0 unspecified atom stereocenters. The van der Waals surface area contributed by atoms with E-state index in [4.69, 9.17) is 4.74 Å². The maximum Gasteiger partial charge on any atom is 0.265 e. The Morgan fingerprint density at radius 2 is 2.00 bits per heavy atom. The third kappa shape index (κ3) is 2.48. The lowest BCUT2D eigenvalue weighted by Crippen LogP contribution is -2.31. The number of aryl methyl sites for hydroxylation is 1. The summed E-state index contributed by atoms with van der Waals surface area (Å²) in [6.07, 6.45) is 3.06. The fourth-order valence-electron chi connectivity index (χ4n) is 2.83. The standard InChI is InChI=1S/C16H19N5O2/c1-10(2)14(15-17-8-19-20(15)3)21-9-18-11-6-5-7-12(23-4)13(11)16(21)22/h5-10,14H,1-4H3/t14-/m0/s1. The summed E-state index contributed by atoms with van der Waals surface area (Å²) < 4.78 is 8.63. The van der Waals surface area contributed by atoms with Crippen molar-refractivity contribution >= 4 is 10.9 Å². The maximum atomic E-state index is 13.0. The first kappa shape index (κ1) is 15.2. The predicted octanol–water partition coefficient (Wildman–Crippen LogP) is 1.78. The zero-order valence-electron chi connectivity index (χ0n) is 13.6. The van der Waals surface area contributed by atoms with Crippen molar-refractivity contribution in [2.75, 3.05) is 7.11 Å². The molecule has 0 fully saturated rings. The molecular formula is C16H19N5O2. The topological polar surface area (TPSA) is 74.8 Å². The summed E-state index contributed by atoms with van der Waals surface area (Å²) >= 11 is 0. The van der Waals surface area contributed by atoms with Crippen LogP contribution in [0, 0.1) is 5.92 Å². The minimum atomic E-state index is -0.253. The van der Waals surface area contributed by atoms with Gasteiger partial charge in [-0.2, -0.15) is 5.10 Å². The van der Waals surface area contributed by atoms with E-state index in [0.29, 0.717) is 16.7 Å². The molecule has 0 N–H and O–H groups in total. The highest BCUT2D eigenvalue weighted by atomic mass is 16.5. The van der Waals surface area contributed by atoms with Gasteiger partial charge >= 0.3 is 0 Å². The van der Waals surface area contributed by atoms with E-state index in [0.717, 1.165) is 5.82 Å². The van der Waals surface area contributed by atoms with Gasteiger partial charge in [0.1, 0.15) is 23.3 Å². The molecule has 7 heteroatoms. The average Bonchev–Trinajstić information content (AvgIpc) is 2.95. The van der Waals surface area contributed by atoms with Gasteiger partial charge in [-0.05, 0) is 18.1 Å². The predicted molar refractivity (Wildman–Crippen MR) is 86.5 cm³/mol. The molecule has 1 atom stereocenters. The number of rotatable bonds is 4. The fraction of sp³-hybridized carbons (Fsp3) is 0.375. The molecule has 0 aliphatic carbocycles. The second-order valence-corrected chi connectivity index (χ2v) is 5.74. The monoisotopic (exact) mass is 313 g/mol. The van der Waals surface area contributed by atoms with Gasteiger partial charge < -0.3 is 4.74 Å². The van der Waals surface area contributed by atoms with Crippen molar-refractivity contribution in [1.29, 1.82) is 0 Å². The number of ether oxygens (including phenoxy) is 1. The molecule has 0 aliphatic rings. The number of methoxy groups -OCH3 is 1. The Labute approximate surface area is 133 Å². The van der Waals surface area contributed by atoms with E-state index in [2.05, 4.69) is 15.1 Å². The van der Waals surface area contributed by atoms with Gasteiger partial charge in [0.15, 0.2) is 0 Å². The second kappa shape index (κ2) is 5.83. The summed E-state index contributed by atoms with van der Waals surface area (Å²) in [5.74, 6) is 1.39. The highest BCUT2D eigenvalue weighted by Crippen LogP contribution is 2.25. The van der Waals surface area contributed by atoms with Crippen LogP contribution in [0.25, 0.3) is 10.9 Å². The Bertz CT molecular complexity index is 897. The minimum Gasteiger partial charge on any atom is -0.496 e. The summed E-state index contributed by atoms with van der Waals surface area (Å²) in [5.41, 5.74) is 0.472. The lowest BCUT2D eigenvalue weighted by Gasteiger charge is -2.22. The van der Waals surface area contributed by atoms with E-state index >= 15 is 0 Å². The van der Waals surface area contributed by atoms with Crippen molar-refractivity contribution in [2.24, 2.45) is 13.0 Å². The van der Waals surface area contributed by atoms with Crippen molar-refractivity contribution in [2.45, 2.75) is 19.9 Å². The van der Waals surface area contributed by atoms with E-state index in [-0.39, 0.29) is 17.5 Å². The number of aromatic nitrogens is 5. The molecule has 0 saturated heterocycles. The lowest BCUT2D eigenvalue weighted by atomic mass is 10.0. The number of hydrogen-bond donors (Lipinski definition) is 0. The molecule has 2 heterocycles. The van der Waals surface area contributed by atoms with E-state index in [1.807, 2.05) is 27.0 Å². The maximum absolute atomic E-state index is 13.0. The molecular weight excluding hydrogens is 294 g/mol. The summed E-state index contributed by atoms with van der Waals surface area (Å²) in [6, 6.07) is 5.14. The molecule has 0 spiro atoms. The van der Waals surface area contributed by atoms with Crippen LogP contribution in [0.15, 0.2) is 35.6 Å². The lowest BCUT2D eigenvalue weighted by molar-refractivity contribution is 0.389. The van der Waals surface area contributed by atoms with Gasteiger partial charge in [-0.1, -0.05) is 19.9 Å². The number of benzene rings is 1. The van der Waals surface area contributed by atoms with Crippen LogP contribution in [0.2, 0.25) is 0 Å².